The van der Waals surface area contributed by atoms with E-state index in [1.165, 1.54) is 5.56 Å². The van der Waals surface area contributed by atoms with Gasteiger partial charge in [-0.15, -0.1) is 11.6 Å². The summed E-state index contributed by atoms with van der Waals surface area (Å²) in [6.45, 7) is 3.34. The van der Waals surface area contributed by atoms with E-state index in [2.05, 4.69) is 31.2 Å². The summed E-state index contributed by atoms with van der Waals surface area (Å²) in [5.74, 6) is 0.641. The maximum absolute atomic E-state index is 5.57. The molecule has 1 rings (SSSR count). The van der Waals surface area contributed by atoms with Crippen LogP contribution in [0.25, 0.3) is 0 Å². The Kier molecular flexibility index (Phi) is 6.46. The zero-order valence-electron chi connectivity index (χ0n) is 9.91. The van der Waals surface area contributed by atoms with Crippen molar-refractivity contribution in [1.82, 2.24) is 0 Å². The molecule has 1 unspecified atom stereocenters. The molecule has 16 heavy (non-hydrogen) atoms. The van der Waals surface area contributed by atoms with Gasteiger partial charge in [0.1, 0.15) is 6.10 Å². The first-order chi connectivity index (χ1) is 7.77. The maximum Gasteiger partial charge on any atom is 0.105 e. The monoisotopic (exact) mass is 242 g/mol. The zero-order chi connectivity index (χ0) is 11.8. The summed E-state index contributed by atoms with van der Waals surface area (Å²) in [6.07, 6.45) is 0.891. The number of benzene rings is 1. The highest BCUT2D eigenvalue weighted by molar-refractivity contribution is 6.17. The smallest absolute Gasteiger partial charge is 0.105 e. The molecule has 3 heteroatoms. The molecule has 0 saturated carbocycles. The topological polar surface area (TPSA) is 18.5 Å². The molecule has 0 bridgehead atoms. The summed E-state index contributed by atoms with van der Waals surface area (Å²) in [6, 6.07) is 8.32. The lowest BCUT2D eigenvalue weighted by Crippen LogP contribution is -2.11. The predicted octanol–water partition coefficient (Wildman–Crippen LogP) is 3.33. The normalized spacial score (nSPS) is 12.7. The third kappa shape index (κ3) is 4.52. The van der Waals surface area contributed by atoms with Crippen molar-refractivity contribution in [3.8, 4) is 0 Å². The van der Waals surface area contributed by atoms with Gasteiger partial charge in [0.25, 0.3) is 0 Å². The average molecular weight is 243 g/mol. The van der Waals surface area contributed by atoms with Gasteiger partial charge < -0.3 is 9.47 Å². The summed E-state index contributed by atoms with van der Waals surface area (Å²) in [7, 11) is 1.70. The van der Waals surface area contributed by atoms with Crippen molar-refractivity contribution in [2.75, 3.05) is 26.2 Å². The molecular weight excluding hydrogens is 224 g/mol. The Morgan fingerprint density at radius 2 is 1.94 bits per heavy atom. The van der Waals surface area contributed by atoms with Crippen molar-refractivity contribution in [3.05, 3.63) is 35.4 Å². The van der Waals surface area contributed by atoms with Crippen molar-refractivity contribution < 1.29 is 9.47 Å². The van der Waals surface area contributed by atoms with Gasteiger partial charge >= 0.3 is 0 Å². The van der Waals surface area contributed by atoms with Gasteiger partial charge in [-0.05, 0) is 18.9 Å². The van der Waals surface area contributed by atoms with E-state index in [1.54, 1.807) is 7.11 Å². The summed E-state index contributed by atoms with van der Waals surface area (Å²) in [5, 5.41) is 0. The van der Waals surface area contributed by atoms with Crippen LogP contribution in [0.15, 0.2) is 24.3 Å². The van der Waals surface area contributed by atoms with Crippen LogP contribution in [-0.4, -0.2) is 26.2 Å². The fraction of sp³-hybridized carbons (Fsp3) is 0.538. The molecule has 0 spiro atoms. The predicted molar refractivity (Wildman–Crippen MR) is 67.1 cm³/mol. The summed E-state index contributed by atoms with van der Waals surface area (Å²) < 4.78 is 10.9. The molecule has 0 radical (unpaired) electrons. The van der Waals surface area contributed by atoms with Crippen molar-refractivity contribution in [2.45, 2.75) is 19.4 Å². The van der Waals surface area contributed by atoms with Gasteiger partial charge in [-0.2, -0.15) is 0 Å². The van der Waals surface area contributed by atoms with E-state index in [0.29, 0.717) is 19.1 Å². The number of aryl methyl sites for hydroxylation is 1. The lowest BCUT2D eigenvalue weighted by atomic mass is 10.1. The Morgan fingerprint density at radius 1 is 1.25 bits per heavy atom. The Bertz CT molecular complexity index is 284. The minimum atomic E-state index is 0.0101. The Balaban J connectivity index is 2.44. The van der Waals surface area contributed by atoms with Crippen LogP contribution in [0, 0.1) is 6.92 Å². The Labute approximate surface area is 103 Å². The van der Waals surface area contributed by atoms with E-state index in [4.69, 9.17) is 21.1 Å². The first-order valence-electron chi connectivity index (χ1n) is 5.51. The second kappa shape index (κ2) is 7.66. The molecule has 0 aliphatic carbocycles. The number of methoxy groups -OCH3 is 1. The van der Waals surface area contributed by atoms with Crippen LogP contribution in [0.1, 0.15) is 23.7 Å². The number of alkyl halides is 1. The van der Waals surface area contributed by atoms with Gasteiger partial charge in [0.2, 0.25) is 0 Å². The molecule has 90 valence electrons. The fourth-order valence-corrected chi connectivity index (χ4v) is 1.54. The highest BCUT2D eigenvalue weighted by Gasteiger charge is 2.09. The molecule has 0 aliphatic rings. The molecule has 0 amide bonds. The van der Waals surface area contributed by atoms with Crippen molar-refractivity contribution in [1.29, 1.82) is 0 Å². The van der Waals surface area contributed by atoms with E-state index >= 15 is 0 Å². The van der Waals surface area contributed by atoms with Crippen LogP contribution in [-0.2, 0) is 9.47 Å². The molecule has 0 aromatic heterocycles. The highest BCUT2D eigenvalue weighted by atomic mass is 35.5. The van der Waals surface area contributed by atoms with Gasteiger partial charge in [-0.1, -0.05) is 29.8 Å². The molecule has 0 fully saturated rings. The van der Waals surface area contributed by atoms with E-state index in [9.17, 15) is 0 Å². The van der Waals surface area contributed by atoms with Gasteiger partial charge in [0.15, 0.2) is 0 Å². The standard InChI is InChI=1S/C13H19ClO2/c1-11-4-6-12(7-5-11)13(15-2)10-16-9-3-8-14/h4-7,13H,3,8-10H2,1-2H3. The minimum Gasteiger partial charge on any atom is -0.378 e. The Hall–Kier alpha value is -0.570. The molecule has 0 aliphatic heterocycles. The SMILES string of the molecule is COC(COCCCCl)c1ccc(C)cc1. The summed E-state index contributed by atoms with van der Waals surface area (Å²) >= 11 is 5.57. The van der Waals surface area contributed by atoms with Crippen LogP contribution in [0.4, 0.5) is 0 Å². The van der Waals surface area contributed by atoms with Crippen LogP contribution < -0.4 is 0 Å². The minimum absolute atomic E-state index is 0.0101. The van der Waals surface area contributed by atoms with E-state index in [0.717, 1.165) is 12.0 Å². The highest BCUT2D eigenvalue weighted by Crippen LogP contribution is 2.17. The second-order valence-electron chi connectivity index (χ2n) is 3.75. The van der Waals surface area contributed by atoms with Gasteiger partial charge in [0, 0.05) is 19.6 Å². The fourth-order valence-electron chi connectivity index (χ4n) is 1.43. The van der Waals surface area contributed by atoms with Crippen LogP contribution in [0.5, 0.6) is 0 Å². The van der Waals surface area contributed by atoms with Gasteiger partial charge in [-0.3, -0.25) is 0 Å². The summed E-state index contributed by atoms with van der Waals surface area (Å²) in [4.78, 5) is 0. The molecule has 0 N–H and O–H groups in total. The van der Waals surface area contributed by atoms with Crippen LogP contribution >= 0.6 is 11.6 Å². The third-order valence-corrected chi connectivity index (χ3v) is 2.69. The van der Waals surface area contributed by atoms with E-state index in [1.807, 2.05) is 0 Å². The molecule has 2 nitrogen and oxygen atoms in total. The number of halogens is 1. The van der Waals surface area contributed by atoms with Crippen molar-refractivity contribution in [2.24, 2.45) is 0 Å². The molecular formula is C13H19ClO2. The number of ether oxygens (including phenoxy) is 2. The number of hydrogen-bond donors (Lipinski definition) is 0. The lowest BCUT2D eigenvalue weighted by molar-refractivity contribution is 0.00773. The average Bonchev–Trinajstić information content (AvgIpc) is 2.31. The van der Waals surface area contributed by atoms with Gasteiger partial charge in [-0.25, -0.2) is 0 Å². The molecule has 0 saturated heterocycles. The number of rotatable bonds is 7. The quantitative estimate of drug-likeness (QED) is 0.539. The lowest BCUT2D eigenvalue weighted by Gasteiger charge is -2.16. The largest absolute Gasteiger partial charge is 0.378 e. The second-order valence-corrected chi connectivity index (χ2v) is 4.13. The van der Waals surface area contributed by atoms with Crippen molar-refractivity contribution >= 4 is 11.6 Å². The van der Waals surface area contributed by atoms with E-state index in [-0.39, 0.29) is 6.10 Å². The molecule has 1 atom stereocenters. The molecule has 1 aromatic carbocycles. The Morgan fingerprint density at radius 3 is 2.50 bits per heavy atom. The van der Waals surface area contributed by atoms with Gasteiger partial charge in [0.05, 0.1) is 6.61 Å². The third-order valence-electron chi connectivity index (χ3n) is 2.43. The number of hydrogen-bond acceptors (Lipinski definition) is 2. The van der Waals surface area contributed by atoms with Crippen LogP contribution in [0.2, 0.25) is 0 Å². The first-order valence-corrected chi connectivity index (χ1v) is 6.04. The zero-order valence-corrected chi connectivity index (χ0v) is 10.7. The van der Waals surface area contributed by atoms with Crippen molar-refractivity contribution in [3.63, 3.8) is 0 Å². The van der Waals surface area contributed by atoms with E-state index < -0.39 is 0 Å². The molecule has 1 aromatic rings. The maximum atomic E-state index is 5.57. The first kappa shape index (κ1) is 13.5. The summed E-state index contributed by atoms with van der Waals surface area (Å²) in [5.41, 5.74) is 2.40. The molecule has 0 heterocycles. The van der Waals surface area contributed by atoms with Crippen LogP contribution in [0.3, 0.4) is 0 Å².